The lowest BCUT2D eigenvalue weighted by Crippen LogP contribution is -2.43. The molecule has 1 amide bonds. The Balaban J connectivity index is 2.29. The molecule has 1 fully saturated rings. The van der Waals surface area contributed by atoms with Crippen molar-refractivity contribution in [3.05, 3.63) is 0 Å². The van der Waals surface area contributed by atoms with E-state index in [0.29, 0.717) is 19.1 Å². The Kier molecular flexibility index (Phi) is 7.34. The van der Waals surface area contributed by atoms with Crippen molar-refractivity contribution in [3.63, 3.8) is 0 Å². The third-order valence-corrected chi connectivity index (χ3v) is 3.96. The van der Waals surface area contributed by atoms with Crippen molar-refractivity contribution in [1.29, 1.82) is 0 Å². The highest BCUT2D eigenvalue weighted by Gasteiger charge is 2.24. The predicted octanol–water partition coefficient (Wildman–Crippen LogP) is 0.210. The molecule has 0 bridgehead atoms. The van der Waals surface area contributed by atoms with Crippen LogP contribution in [0, 0.1) is 0 Å². The Morgan fingerprint density at radius 1 is 1.42 bits per heavy atom. The Morgan fingerprint density at radius 2 is 2.16 bits per heavy atom. The first-order valence-electron chi connectivity index (χ1n) is 7.45. The minimum absolute atomic E-state index is 0.192. The summed E-state index contributed by atoms with van der Waals surface area (Å²) in [6, 6.07) is 0.622. The smallest absolute Gasteiger partial charge is 0.236 e. The quantitative estimate of drug-likeness (QED) is 0.685. The molecule has 1 aliphatic rings. The third-order valence-electron chi connectivity index (χ3n) is 3.96. The number of carbonyl (C=O) groups is 1. The molecule has 1 unspecified atom stereocenters. The number of carbonyl (C=O) groups excluding carboxylic acids is 1. The first-order chi connectivity index (χ1) is 9.08. The standard InChI is InChI=1S/C14H30N4O/c1-4-18-10-5-7-13(18)11-16(2)12-14(19)17(3)9-6-8-15/h13H,4-12,15H2,1-3H3. The van der Waals surface area contributed by atoms with Crippen LogP contribution in [0.5, 0.6) is 0 Å². The van der Waals surface area contributed by atoms with Gasteiger partial charge in [-0.25, -0.2) is 0 Å². The summed E-state index contributed by atoms with van der Waals surface area (Å²) in [6.45, 7) is 7.43. The lowest BCUT2D eigenvalue weighted by molar-refractivity contribution is -0.130. The van der Waals surface area contributed by atoms with Gasteiger partial charge in [0.05, 0.1) is 6.54 Å². The second-order valence-corrected chi connectivity index (χ2v) is 5.58. The molecule has 5 heteroatoms. The van der Waals surface area contributed by atoms with E-state index in [2.05, 4.69) is 16.7 Å². The number of hydrogen-bond donors (Lipinski definition) is 1. The molecule has 0 aromatic heterocycles. The van der Waals surface area contributed by atoms with Gasteiger partial charge in [-0.15, -0.1) is 0 Å². The van der Waals surface area contributed by atoms with Crippen LogP contribution in [-0.2, 0) is 4.79 Å². The highest BCUT2D eigenvalue weighted by Crippen LogP contribution is 2.17. The van der Waals surface area contributed by atoms with Crippen molar-refractivity contribution in [3.8, 4) is 0 Å². The molecule has 19 heavy (non-hydrogen) atoms. The molecule has 1 atom stereocenters. The van der Waals surface area contributed by atoms with E-state index in [1.807, 2.05) is 14.1 Å². The van der Waals surface area contributed by atoms with Crippen molar-refractivity contribution in [1.82, 2.24) is 14.7 Å². The number of likely N-dealkylation sites (N-methyl/N-ethyl adjacent to an activating group) is 3. The number of amides is 1. The topological polar surface area (TPSA) is 52.8 Å². The number of likely N-dealkylation sites (tertiary alicyclic amines) is 1. The summed E-state index contributed by atoms with van der Waals surface area (Å²) in [6.07, 6.45) is 3.42. The molecule has 2 N–H and O–H groups in total. The van der Waals surface area contributed by atoms with Crippen LogP contribution in [0.4, 0.5) is 0 Å². The second-order valence-electron chi connectivity index (χ2n) is 5.58. The first kappa shape index (κ1) is 16.4. The van der Waals surface area contributed by atoms with Crippen molar-refractivity contribution in [2.45, 2.75) is 32.2 Å². The van der Waals surface area contributed by atoms with Gasteiger partial charge in [0.25, 0.3) is 0 Å². The monoisotopic (exact) mass is 270 g/mol. The van der Waals surface area contributed by atoms with Gasteiger partial charge < -0.3 is 10.6 Å². The van der Waals surface area contributed by atoms with Crippen molar-refractivity contribution in [2.75, 3.05) is 53.4 Å². The molecule has 0 aliphatic carbocycles. The van der Waals surface area contributed by atoms with Gasteiger partial charge in [0, 0.05) is 26.2 Å². The number of nitrogens with zero attached hydrogens (tertiary/aromatic N) is 3. The molecule has 0 radical (unpaired) electrons. The fraction of sp³-hybridized carbons (Fsp3) is 0.929. The Labute approximate surface area is 117 Å². The molecule has 5 nitrogen and oxygen atoms in total. The van der Waals surface area contributed by atoms with Gasteiger partial charge in [-0.1, -0.05) is 6.92 Å². The van der Waals surface area contributed by atoms with E-state index in [4.69, 9.17) is 5.73 Å². The summed E-state index contributed by atoms with van der Waals surface area (Å²) >= 11 is 0. The molecule has 0 saturated carbocycles. The summed E-state index contributed by atoms with van der Waals surface area (Å²) in [4.78, 5) is 18.5. The van der Waals surface area contributed by atoms with Gasteiger partial charge in [0.15, 0.2) is 0 Å². The lowest BCUT2D eigenvalue weighted by Gasteiger charge is -2.28. The number of rotatable bonds is 8. The molecule has 112 valence electrons. The first-order valence-corrected chi connectivity index (χ1v) is 7.45. The summed E-state index contributed by atoms with van der Waals surface area (Å²) in [5.41, 5.74) is 5.46. The second kappa shape index (κ2) is 8.51. The summed E-state index contributed by atoms with van der Waals surface area (Å²) in [7, 11) is 3.90. The lowest BCUT2D eigenvalue weighted by atomic mass is 10.2. The highest BCUT2D eigenvalue weighted by molar-refractivity contribution is 5.77. The Morgan fingerprint density at radius 3 is 2.79 bits per heavy atom. The van der Waals surface area contributed by atoms with Crippen LogP contribution in [0.3, 0.4) is 0 Å². The molecule has 1 saturated heterocycles. The minimum Gasteiger partial charge on any atom is -0.345 e. The highest BCUT2D eigenvalue weighted by atomic mass is 16.2. The molecular formula is C14H30N4O. The molecule has 0 aromatic rings. The number of hydrogen-bond acceptors (Lipinski definition) is 4. The van der Waals surface area contributed by atoms with E-state index in [9.17, 15) is 4.79 Å². The zero-order valence-electron chi connectivity index (χ0n) is 12.8. The Bertz CT molecular complexity index is 272. The fourth-order valence-electron chi connectivity index (χ4n) is 2.75. The van der Waals surface area contributed by atoms with Crippen LogP contribution in [0.2, 0.25) is 0 Å². The van der Waals surface area contributed by atoms with Crippen LogP contribution in [0.15, 0.2) is 0 Å². The molecule has 0 aromatic carbocycles. The van der Waals surface area contributed by atoms with Crippen LogP contribution in [0.1, 0.15) is 26.2 Å². The maximum atomic E-state index is 12.0. The van der Waals surface area contributed by atoms with Crippen LogP contribution >= 0.6 is 0 Å². The van der Waals surface area contributed by atoms with Gasteiger partial charge >= 0.3 is 0 Å². The van der Waals surface area contributed by atoms with Crippen molar-refractivity contribution in [2.24, 2.45) is 5.73 Å². The van der Waals surface area contributed by atoms with Gasteiger partial charge in [0.1, 0.15) is 0 Å². The molecule has 1 aliphatic heterocycles. The van der Waals surface area contributed by atoms with E-state index >= 15 is 0 Å². The predicted molar refractivity (Wildman–Crippen MR) is 79.1 cm³/mol. The van der Waals surface area contributed by atoms with Gasteiger partial charge in [0.2, 0.25) is 5.91 Å². The summed E-state index contributed by atoms with van der Waals surface area (Å²) in [5.74, 6) is 0.192. The fourth-order valence-corrected chi connectivity index (χ4v) is 2.75. The number of nitrogens with two attached hydrogens (primary N) is 1. The zero-order valence-corrected chi connectivity index (χ0v) is 12.8. The van der Waals surface area contributed by atoms with E-state index in [1.165, 1.54) is 19.4 Å². The van der Waals surface area contributed by atoms with E-state index in [1.54, 1.807) is 4.90 Å². The summed E-state index contributed by atoms with van der Waals surface area (Å²) < 4.78 is 0. The average molecular weight is 270 g/mol. The molecule has 0 spiro atoms. The van der Waals surface area contributed by atoms with Crippen molar-refractivity contribution < 1.29 is 4.79 Å². The zero-order chi connectivity index (χ0) is 14.3. The largest absolute Gasteiger partial charge is 0.345 e. The van der Waals surface area contributed by atoms with Crippen LogP contribution in [-0.4, -0.2) is 80.0 Å². The van der Waals surface area contributed by atoms with Gasteiger partial charge in [-0.3, -0.25) is 14.6 Å². The summed E-state index contributed by atoms with van der Waals surface area (Å²) in [5, 5.41) is 0. The third kappa shape index (κ3) is 5.47. The van der Waals surface area contributed by atoms with Crippen LogP contribution in [0.25, 0.3) is 0 Å². The SMILES string of the molecule is CCN1CCCC1CN(C)CC(=O)N(C)CCCN. The maximum Gasteiger partial charge on any atom is 0.236 e. The van der Waals surface area contributed by atoms with Crippen molar-refractivity contribution >= 4 is 5.91 Å². The maximum absolute atomic E-state index is 12.0. The van der Waals surface area contributed by atoms with Crippen LogP contribution < -0.4 is 5.73 Å². The molecular weight excluding hydrogens is 240 g/mol. The molecule has 1 heterocycles. The molecule has 1 rings (SSSR count). The van der Waals surface area contributed by atoms with E-state index in [-0.39, 0.29) is 5.91 Å². The average Bonchev–Trinajstić information content (AvgIpc) is 2.82. The van der Waals surface area contributed by atoms with E-state index < -0.39 is 0 Å². The van der Waals surface area contributed by atoms with Gasteiger partial charge in [-0.2, -0.15) is 0 Å². The van der Waals surface area contributed by atoms with Gasteiger partial charge in [-0.05, 0) is 45.9 Å². The Hall–Kier alpha value is -0.650. The minimum atomic E-state index is 0.192. The normalized spacial score (nSPS) is 20.2. The van der Waals surface area contributed by atoms with E-state index in [0.717, 1.165) is 26.1 Å².